The highest BCUT2D eigenvalue weighted by atomic mass is 19.4. The van der Waals surface area contributed by atoms with Gasteiger partial charge in [-0.05, 0) is 54.7 Å². The maximum atomic E-state index is 12.9. The SMILES string of the molecule is COc1ccc(C2=C(C#N)C(=O)NC3(CCc4cc(OCCCC(F)(F)F)ccc43)C2)nc1. The van der Waals surface area contributed by atoms with Gasteiger partial charge in [-0.1, -0.05) is 6.07 Å². The average molecular weight is 457 g/mol. The van der Waals surface area contributed by atoms with E-state index in [1.807, 2.05) is 18.2 Å². The van der Waals surface area contributed by atoms with Crippen molar-refractivity contribution in [1.82, 2.24) is 10.3 Å². The number of benzene rings is 1. The number of carbonyl (C=O) groups is 1. The Hall–Kier alpha value is -3.54. The summed E-state index contributed by atoms with van der Waals surface area (Å²) in [7, 11) is 1.53. The first-order chi connectivity index (χ1) is 15.7. The van der Waals surface area contributed by atoms with Gasteiger partial charge in [-0.2, -0.15) is 18.4 Å². The molecule has 1 aliphatic carbocycles. The lowest BCUT2D eigenvalue weighted by molar-refractivity contribution is -0.136. The summed E-state index contributed by atoms with van der Waals surface area (Å²) in [6, 6.07) is 10.8. The second-order valence-electron chi connectivity index (χ2n) is 8.15. The van der Waals surface area contributed by atoms with Gasteiger partial charge in [0, 0.05) is 18.4 Å². The summed E-state index contributed by atoms with van der Waals surface area (Å²) in [6.45, 7) is -0.0261. The number of nitrogens with zero attached hydrogens (tertiary/aromatic N) is 2. The molecule has 1 N–H and O–H groups in total. The molecule has 1 amide bonds. The molecule has 0 fully saturated rings. The van der Waals surface area contributed by atoms with E-state index in [4.69, 9.17) is 9.47 Å². The topological polar surface area (TPSA) is 84.2 Å². The molecule has 0 saturated heterocycles. The van der Waals surface area contributed by atoms with Gasteiger partial charge in [-0.3, -0.25) is 9.78 Å². The average Bonchev–Trinajstić information content (AvgIpc) is 3.12. The zero-order chi connectivity index (χ0) is 23.6. The van der Waals surface area contributed by atoms with Gasteiger partial charge in [0.15, 0.2) is 0 Å². The number of carbonyl (C=O) groups excluding carboxylic acids is 1. The Balaban J connectivity index is 1.57. The monoisotopic (exact) mass is 457 g/mol. The molecular weight excluding hydrogens is 435 g/mol. The molecular formula is C24H22F3N3O3. The lowest BCUT2D eigenvalue weighted by atomic mass is 9.79. The zero-order valence-corrected chi connectivity index (χ0v) is 18.0. The second-order valence-corrected chi connectivity index (χ2v) is 8.15. The molecule has 1 atom stereocenters. The number of aromatic nitrogens is 1. The van der Waals surface area contributed by atoms with E-state index in [0.29, 0.717) is 42.0 Å². The molecule has 2 heterocycles. The Bertz CT molecular complexity index is 1140. The van der Waals surface area contributed by atoms with Gasteiger partial charge in [-0.25, -0.2) is 0 Å². The molecule has 1 aromatic carbocycles. The van der Waals surface area contributed by atoms with E-state index in [2.05, 4.69) is 10.3 Å². The van der Waals surface area contributed by atoms with E-state index >= 15 is 0 Å². The van der Waals surface area contributed by atoms with E-state index in [1.165, 1.54) is 7.11 Å². The van der Waals surface area contributed by atoms with Crippen LogP contribution in [0.25, 0.3) is 5.57 Å². The van der Waals surface area contributed by atoms with Crippen LogP contribution in [0.5, 0.6) is 11.5 Å². The molecule has 172 valence electrons. The lowest BCUT2D eigenvalue weighted by Gasteiger charge is -2.36. The third kappa shape index (κ3) is 4.65. The molecule has 9 heteroatoms. The highest BCUT2D eigenvalue weighted by molar-refractivity contribution is 6.07. The van der Waals surface area contributed by atoms with Crippen LogP contribution in [0.4, 0.5) is 13.2 Å². The fourth-order valence-electron chi connectivity index (χ4n) is 4.46. The van der Waals surface area contributed by atoms with E-state index < -0.39 is 24.0 Å². The molecule has 1 aliphatic heterocycles. The quantitative estimate of drug-likeness (QED) is 0.648. The van der Waals surface area contributed by atoms with Gasteiger partial charge in [0.25, 0.3) is 5.91 Å². The fourth-order valence-corrected chi connectivity index (χ4v) is 4.46. The molecule has 1 unspecified atom stereocenters. The van der Waals surface area contributed by atoms with Crippen molar-refractivity contribution in [2.45, 2.75) is 43.8 Å². The standard InChI is InChI=1S/C24H22F3N3O3/c1-32-17-4-6-21(29-14-17)18-12-23(30-22(31)19(18)13-28)9-7-15-11-16(3-5-20(15)23)33-10-2-8-24(25,26)27/h3-6,11,14H,2,7-10,12H2,1H3,(H,30,31). The molecule has 1 aromatic heterocycles. The number of rotatable bonds is 6. The van der Waals surface area contributed by atoms with E-state index in [-0.39, 0.29) is 18.6 Å². The number of hydrogen-bond donors (Lipinski definition) is 1. The Morgan fingerprint density at radius 2 is 2.03 bits per heavy atom. The normalized spacial score (nSPS) is 19.8. The first-order valence-electron chi connectivity index (χ1n) is 10.5. The van der Waals surface area contributed by atoms with E-state index in [1.54, 1.807) is 24.4 Å². The minimum Gasteiger partial charge on any atom is -0.495 e. The summed E-state index contributed by atoms with van der Waals surface area (Å²) in [5, 5.41) is 12.6. The summed E-state index contributed by atoms with van der Waals surface area (Å²) < 4.78 is 47.6. The third-order valence-corrected chi connectivity index (χ3v) is 6.04. The first-order valence-corrected chi connectivity index (χ1v) is 10.5. The van der Waals surface area contributed by atoms with Crippen molar-refractivity contribution >= 4 is 11.5 Å². The molecule has 2 aromatic rings. The third-order valence-electron chi connectivity index (χ3n) is 6.04. The first kappa shape index (κ1) is 22.6. The maximum Gasteiger partial charge on any atom is 0.389 e. The number of nitrogens with one attached hydrogen (secondary N) is 1. The summed E-state index contributed by atoms with van der Waals surface area (Å²) in [5.74, 6) is 0.624. The molecule has 0 radical (unpaired) electrons. The van der Waals surface area contributed by atoms with Crippen LogP contribution in [0.3, 0.4) is 0 Å². The molecule has 33 heavy (non-hydrogen) atoms. The number of halogens is 3. The maximum absolute atomic E-state index is 12.9. The van der Waals surface area contributed by atoms with Crippen molar-refractivity contribution in [1.29, 1.82) is 5.26 Å². The fraction of sp³-hybridized carbons (Fsp3) is 0.375. The predicted octanol–water partition coefficient (Wildman–Crippen LogP) is 4.45. The largest absolute Gasteiger partial charge is 0.495 e. The number of hydrogen-bond acceptors (Lipinski definition) is 5. The van der Waals surface area contributed by atoms with Crippen molar-refractivity contribution in [3.05, 3.63) is 58.9 Å². The lowest BCUT2D eigenvalue weighted by Crippen LogP contribution is -2.48. The van der Waals surface area contributed by atoms with Crippen LogP contribution in [0.2, 0.25) is 0 Å². The van der Waals surface area contributed by atoms with Crippen LogP contribution in [0.15, 0.2) is 42.1 Å². The number of aryl methyl sites for hydroxylation is 1. The van der Waals surface area contributed by atoms with Gasteiger partial charge < -0.3 is 14.8 Å². The summed E-state index contributed by atoms with van der Waals surface area (Å²) >= 11 is 0. The Morgan fingerprint density at radius 3 is 2.70 bits per heavy atom. The number of nitriles is 1. The molecule has 0 saturated carbocycles. The van der Waals surface area contributed by atoms with Gasteiger partial charge in [0.05, 0.1) is 31.1 Å². The van der Waals surface area contributed by atoms with Crippen molar-refractivity contribution in [3.63, 3.8) is 0 Å². The van der Waals surface area contributed by atoms with Crippen LogP contribution in [0, 0.1) is 11.3 Å². The minimum absolute atomic E-state index is 0.0261. The number of fused-ring (bicyclic) bond motifs is 2. The Kier molecular flexibility index (Phi) is 6.02. The number of amides is 1. The highest BCUT2D eigenvalue weighted by Gasteiger charge is 2.45. The van der Waals surface area contributed by atoms with Crippen LogP contribution < -0.4 is 14.8 Å². The van der Waals surface area contributed by atoms with Crippen LogP contribution in [-0.2, 0) is 16.8 Å². The molecule has 1 spiro atoms. The molecule has 6 nitrogen and oxygen atoms in total. The van der Waals surface area contributed by atoms with Crippen molar-refractivity contribution in [2.24, 2.45) is 0 Å². The zero-order valence-electron chi connectivity index (χ0n) is 18.0. The smallest absolute Gasteiger partial charge is 0.389 e. The van der Waals surface area contributed by atoms with Crippen molar-refractivity contribution in [2.75, 3.05) is 13.7 Å². The number of ether oxygens (including phenoxy) is 2. The molecule has 2 aliphatic rings. The van der Waals surface area contributed by atoms with Crippen molar-refractivity contribution in [3.8, 4) is 17.6 Å². The van der Waals surface area contributed by atoms with Crippen molar-refractivity contribution < 1.29 is 27.4 Å². The highest BCUT2D eigenvalue weighted by Crippen LogP contribution is 2.47. The molecule has 0 bridgehead atoms. The van der Waals surface area contributed by atoms with Gasteiger partial charge in [0.1, 0.15) is 23.1 Å². The number of alkyl halides is 3. The number of pyridine rings is 1. The van der Waals surface area contributed by atoms with Crippen LogP contribution in [0.1, 0.15) is 42.5 Å². The summed E-state index contributed by atoms with van der Waals surface area (Å²) in [5.41, 5.74) is 2.35. The summed E-state index contributed by atoms with van der Waals surface area (Å²) in [6.07, 6.45) is -1.95. The summed E-state index contributed by atoms with van der Waals surface area (Å²) in [4.78, 5) is 17.2. The van der Waals surface area contributed by atoms with Crippen LogP contribution in [-0.4, -0.2) is 30.8 Å². The van der Waals surface area contributed by atoms with E-state index in [0.717, 1.165) is 11.1 Å². The van der Waals surface area contributed by atoms with Gasteiger partial charge in [0.2, 0.25) is 0 Å². The number of methoxy groups -OCH3 is 1. The minimum atomic E-state index is -4.20. The Labute approximate surface area is 189 Å². The predicted molar refractivity (Wildman–Crippen MR) is 113 cm³/mol. The van der Waals surface area contributed by atoms with Gasteiger partial charge >= 0.3 is 6.18 Å². The van der Waals surface area contributed by atoms with E-state index in [9.17, 15) is 23.2 Å². The van der Waals surface area contributed by atoms with Crippen LogP contribution >= 0.6 is 0 Å². The second kappa shape index (κ2) is 8.77. The van der Waals surface area contributed by atoms with Gasteiger partial charge in [-0.15, -0.1) is 0 Å². The molecule has 4 rings (SSSR count). The Morgan fingerprint density at radius 1 is 1.24 bits per heavy atom.